The summed E-state index contributed by atoms with van der Waals surface area (Å²) in [7, 11) is 0. The first-order chi connectivity index (χ1) is 14.8. The molecule has 158 valence electrons. The number of aryl methyl sites for hydroxylation is 1. The van der Waals surface area contributed by atoms with Crippen LogP contribution < -0.4 is 5.56 Å². The van der Waals surface area contributed by atoms with Crippen molar-refractivity contribution in [1.82, 2.24) is 19.2 Å². The van der Waals surface area contributed by atoms with E-state index in [1.165, 1.54) is 16.7 Å². The second-order valence-corrected chi connectivity index (χ2v) is 7.88. The molecule has 3 heterocycles. The van der Waals surface area contributed by atoms with Gasteiger partial charge >= 0.3 is 5.97 Å². The number of ether oxygens (including phenoxy) is 1. The summed E-state index contributed by atoms with van der Waals surface area (Å²) in [6, 6.07) is 12.1. The molecule has 7 nitrogen and oxygen atoms in total. The fourth-order valence-corrected chi connectivity index (χ4v) is 3.70. The molecule has 0 N–H and O–H groups in total. The van der Waals surface area contributed by atoms with E-state index in [0.29, 0.717) is 44.9 Å². The van der Waals surface area contributed by atoms with Crippen molar-refractivity contribution in [2.45, 2.75) is 27.0 Å². The topological polar surface area (TPSA) is 78.5 Å². The second-order valence-electron chi connectivity index (χ2n) is 7.03. The largest absolute Gasteiger partial charge is 0.455 e. The molecule has 0 amide bonds. The van der Waals surface area contributed by atoms with E-state index in [0.717, 1.165) is 5.56 Å². The fraction of sp³-hybridized carbons (Fsp3) is 0.182. The van der Waals surface area contributed by atoms with Crippen molar-refractivity contribution in [1.29, 1.82) is 0 Å². The van der Waals surface area contributed by atoms with Crippen molar-refractivity contribution >= 4 is 34.8 Å². The number of carbonyl (C=O) groups is 1. The smallest absolute Gasteiger partial charge is 0.342 e. The maximum absolute atomic E-state index is 12.8. The molecule has 31 heavy (non-hydrogen) atoms. The number of pyridine rings is 1. The van der Waals surface area contributed by atoms with Crippen molar-refractivity contribution in [3.8, 4) is 0 Å². The van der Waals surface area contributed by atoms with Gasteiger partial charge in [0, 0.05) is 17.3 Å². The maximum atomic E-state index is 12.8. The van der Waals surface area contributed by atoms with Crippen LogP contribution in [0, 0.1) is 13.8 Å². The van der Waals surface area contributed by atoms with Crippen LogP contribution >= 0.6 is 23.2 Å². The number of rotatable bonds is 5. The van der Waals surface area contributed by atoms with Gasteiger partial charge in [0.1, 0.15) is 17.8 Å². The van der Waals surface area contributed by atoms with Gasteiger partial charge in [0.2, 0.25) is 0 Å². The Morgan fingerprint density at radius 2 is 1.90 bits per heavy atom. The Hall–Kier alpha value is -3.16. The van der Waals surface area contributed by atoms with Crippen LogP contribution in [0.4, 0.5) is 0 Å². The zero-order chi connectivity index (χ0) is 22.1. The van der Waals surface area contributed by atoms with Gasteiger partial charge in [-0.2, -0.15) is 5.10 Å². The Morgan fingerprint density at radius 1 is 1.13 bits per heavy atom. The summed E-state index contributed by atoms with van der Waals surface area (Å²) >= 11 is 12.2. The predicted molar refractivity (Wildman–Crippen MR) is 118 cm³/mol. The lowest BCUT2D eigenvalue weighted by Gasteiger charge is -2.08. The van der Waals surface area contributed by atoms with E-state index in [1.54, 1.807) is 30.7 Å². The number of nitrogens with zero attached hydrogens (tertiary/aromatic N) is 4. The lowest BCUT2D eigenvalue weighted by atomic mass is 10.2. The molecule has 0 aliphatic carbocycles. The number of carbonyl (C=O) groups excluding carboxylic acids is 1. The summed E-state index contributed by atoms with van der Waals surface area (Å²) in [5, 5.41) is 5.52. The number of hydrogen-bond acceptors (Lipinski definition) is 5. The molecule has 0 bridgehead atoms. The molecule has 4 rings (SSSR count). The molecular formula is C22H18Cl2N4O3. The van der Waals surface area contributed by atoms with E-state index < -0.39 is 5.97 Å². The minimum atomic E-state index is -0.529. The average Bonchev–Trinajstić information content (AvgIpc) is 3.01. The maximum Gasteiger partial charge on any atom is 0.342 e. The fourth-order valence-electron chi connectivity index (χ4n) is 3.35. The van der Waals surface area contributed by atoms with E-state index >= 15 is 0 Å². The van der Waals surface area contributed by atoms with Gasteiger partial charge in [-0.3, -0.25) is 13.9 Å². The minimum absolute atomic E-state index is 0.137. The third kappa shape index (κ3) is 4.33. The van der Waals surface area contributed by atoms with Gasteiger partial charge in [-0.25, -0.2) is 9.78 Å². The highest BCUT2D eigenvalue weighted by atomic mass is 35.5. The van der Waals surface area contributed by atoms with E-state index in [-0.39, 0.29) is 12.2 Å². The van der Waals surface area contributed by atoms with Crippen LogP contribution in [0.2, 0.25) is 10.0 Å². The molecular weight excluding hydrogens is 439 g/mol. The number of benzene rings is 1. The molecule has 1 aromatic carbocycles. The van der Waals surface area contributed by atoms with E-state index in [9.17, 15) is 9.59 Å². The number of hydrogen-bond donors (Lipinski definition) is 0. The molecule has 0 spiro atoms. The van der Waals surface area contributed by atoms with Crippen LogP contribution in [0.3, 0.4) is 0 Å². The molecule has 3 aromatic heterocycles. The van der Waals surface area contributed by atoms with Gasteiger partial charge in [-0.1, -0.05) is 41.4 Å². The lowest BCUT2D eigenvalue weighted by Crippen LogP contribution is -2.17. The van der Waals surface area contributed by atoms with Crippen LogP contribution in [-0.2, 0) is 17.9 Å². The predicted octanol–water partition coefficient (Wildman–Crippen LogP) is 4.22. The minimum Gasteiger partial charge on any atom is -0.455 e. The van der Waals surface area contributed by atoms with Crippen molar-refractivity contribution < 1.29 is 9.53 Å². The summed E-state index contributed by atoms with van der Waals surface area (Å²) in [5.41, 5.74) is 2.96. The highest BCUT2D eigenvalue weighted by Gasteiger charge is 2.21. The van der Waals surface area contributed by atoms with Crippen LogP contribution in [0.5, 0.6) is 0 Å². The Morgan fingerprint density at radius 3 is 2.68 bits per heavy atom. The van der Waals surface area contributed by atoms with Gasteiger partial charge < -0.3 is 4.74 Å². The summed E-state index contributed by atoms with van der Waals surface area (Å²) in [6.45, 7) is 3.85. The zero-order valence-corrected chi connectivity index (χ0v) is 18.3. The van der Waals surface area contributed by atoms with Gasteiger partial charge in [-0.15, -0.1) is 0 Å². The molecule has 0 atom stereocenters. The monoisotopic (exact) mass is 456 g/mol. The third-order valence-corrected chi connectivity index (χ3v) is 5.48. The second kappa shape index (κ2) is 8.53. The van der Waals surface area contributed by atoms with Crippen molar-refractivity contribution in [2.75, 3.05) is 0 Å². The van der Waals surface area contributed by atoms with Crippen LogP contribution in [0.25, 0.3) is 5.65 Å². The Labute approximate surface area is 187 Å². The first-order valence-corrected chi connectivity index (χ1v) is 10.2. The number of fused-ring (bicyclic) bond motifs is 1. The van der Waals surface area contributed by atoms with Gasteiger partial charge in [0.05, 0.1) is 28.6 Å². The first kappa shape index (κ1) is 21.1. The molecule has 0 saturated heterocycles. The Bertz CT molecular complexity index is 1360. The molecule has 9 heteroatoms. The summed E-state index contributed by atoms with van der Waals surface area (Å²) in [4.78, 5) is 29.4. The summed E-state index contributed by atoms with van der Waals surface area (Å²) < 4.78 is 8.49. The van der Waals surface area contributed by atoms with Crippen molar-refractivity contribution in [3.05, 3.63) is 97.3 Å². The highest BCUT2D eigenvalue weighted by molar-refractivity contribution is 6.31. The van der Waals surface area contributed by atoms with Gasteiger partial charge in [0.25, 0.3) is 5.56 Å². The number of aromatic nitrogens is 4. The van der Waals surface area contributed by atoms with Gasteiger partial charge in [0.15, 0.2) is 0 Å². The van der Waals surface area contributed by atoms with Crippen LogP contribution in [0.1, 0.15) is 33.0 Å². The van der Waals surface area contributed by atoms with Crippen LogP contribution in [0.15, 0.2) is 53.5 Å². The zero-order valence-electron chi connectivity index (χ0n) is 16.8. The SMILES string of the molecule is Cc1nn(Cc2ccccc2Cl)c(C)c1C(=O)OCc1cc(=O)n2cc(Cl)ccc2n1. The number of halogens is 2. The summed E-state index contributed by atoms with van der Waals surface area (Å²) in [6.07, 6.45) is 1.49. The molecule has 4 aromatic rings. The van der Waals surface area contributed by atoms with Crippen LogP contribution in [-0.4, -0.2) is 25.1 Å². The third-order valence-electron chi connectivity index (χ3n) is 4.89. The first-order valence-electron chi connectivity index (χ1n) is 9.46. The van der Waals surface area contributed by atoms with Crippen molar-refractivity contribution in [3.63, 3.8) is 0 Å². The molecule has 0 fully saturated rings. The molecule has 0 unspecified atom stereocenters. The van der Waals surface area contributed by atoms with Crippen molar-refractivity contribution in [2.24, 2.45) is 0 Å². The quantitative estimate of drug-likeness (QED) is 0.420. The molecule has 0 aliphatic rings. The van der Waals surface area contributed by atoms with E-state index in [4.69, 9.17) is 27.9 Å². The number of esters is 1. The lowest BCUT2D eigenvalue weighted by molar-refractivity contribution is 0.0466. The standard InChI is InChI=1S/C22H18Cl2N4O3/c1-13-21(14(2)28(26-13)10-15-5-3-4-6-18(15)24)22(30)31-12-17-9-20(29)27-11-16(23)7-8-19(27)25-17/h3-9,11H,10,12H2,1-2H3. The normalized spacial score (nSPS) is 11.1. The Balaban J connectivity index is 1.53. The summed E-state index contributed by atoms with van der Waals surface area (Å²) in [5.74, 6) is -0.529. The average molecular weight is 457 g/mol. The molecule has 0 radical (unpaired) electrons. The molecule has 0 saturated carbocycles. The highest BCUT2D eigenvalue weighted by Crippen LogP contribution is 2.20. The Kier molecular flexibility index (Phi) is 5.80. The van der Waals surface area contributed by atoms with E-state index in [1.807, 2.05) is 24.3 Å². The molecule has 0 aliphatic heterocycles. The van der Waals surface area contributed by atoms with Gasteiger partial charge in [-0.05, 0) is 37.6 Å². The van der Waals surface area contributed by atoms with E-state index in [2.05, 4.69) is 10.1 Å².